The van der Waals surface area contributed by atoms with Crippen LogP contribution in [-0.2, 0) is 0 Å². The second-order valence-electron chi connectivity index (χ2n) is 5.27. The Labute approximate surface area is 111 Å². The van der Waals surface area contributed by atoms with Crippen molar-refractivity contribution in [1.82, 2.24) is 10.2 Å². The summed E-state index contributed by atoms with van der Waals surface area (Å²) in [5.41, 5.74) is 1.47. The van der Waals surface area contributed by atoms with E-state index in [1.165, 1.54) is 37.9 Å². The van der Waals surface area contributed by atoms with Gasteiger partial charge in [0, 0.05) is 25.2 Å². The van der Waals surface area contributed by atoms with Crippen LogP contribution in [-0.4, -0.2) is 30.6 Å². The second kappa shape index (κ2) is 6.91. The van der Waals surface area contributed by atoms with Crippen LogP contribution in [0.2, 0.25) is 0 Å². The Balaban J connectivity index is 1.94. The smallest absolute Gasteiger partial charge is 0.0346 e. The van der Waals surface area contributed by atoms with Gasteiger partial charge in [-0.3, -0.25) is 4.90 Å². The number of likely N-dealkylation sites (tertiary alicyclic amines) is 1. The van der Waals surface area contributed by atoms with Crippen LogP contribution in [0.1, 0.15) is 44.7 Å². The first-order valence-corrected chi connectivity index (χ1v) is 7.37. The normalized spacial score (nSPS) is 22.2. The van der Waals surface area contributed by atoms with Gasteiger partial charge in [0.05, 0.1) is 0 Å². The van der Waals surface area contributed by atoms with Gasteiger partial charge in [-0.15, -0.1) is 0 Å². The summed E-state index contributed by atoms with van der Waals surface area (Å²) in [5, 5.41) is 3.65. The highest BCUT2D eigenvalue weighted by molar-refractivity contribution is 5.19. The van der Waals surface area contributed by atoms with Gasteiger partial charge in [0.1, 0.15) is 0 Å². The first kappa shape index (κ1) is 13.6. The zero-order valence-corrected chi connectivity index (χ0v) is 11.7. The van der Waals surface area contributed by atoms with E-state index in [2.05, 4.69) is 54.4 Å². The van der Waals surface area contributed by atoms with E-state index < -0.39 is 0 Å². The van der Waals surface area contributed by atoms with Crippen LogP contribution in [0.25, 0.3) is 0 Å². The largest absolute Gasteiger partial charge is 0.313 e. The molecule has 1 N–H and O–H groups in total. The highest BCUT2D eigenvalue weighted by Crippen LogP contribution is 2.27. The molecule has 100 valence electrons. The predicted octanol–water partition coefficient (Wildman–Crippen LogP) is 3.21. The third kappa shape index (κ3) is 3.33. The average Bonchev–Trinajstić information content (AvgIpc) is 2.87. The molecule has 0 radical (unpaired) electrons. The van der Waals surface area contributed by atoms with E-state index in [1.807, 2.05) is 0 Å². The van der Waals surface area contributed by atoms with E-state index in [4.69, 9.17) is 0 Å². The van der Waals surface area contributed by atoms with Gasteiger partial charge < -0.3 is 5.32 Å². The Morgan fingerprint density at radius 3 is 2.72 bits per heavy atom. The van der Waals surface area contributed by atoms with Crippen LogP contribution in [0, 0.1) is 0 Å². The van der Waals surface area contributed by atoms with Crippen molar-refractivity contribution in [3.8, 4) is 0 Å². The highest BCUT2D eigenvalue weighted by atomic mass is 15.2. The summed E-state index contributed by atoms with van der Waals surface area (Å²) < 4.78 is 0. The van der Waals surface area contributed by atoms with Crippen LogP contribution < -0.4 is 5.32 Å². The predicted molar refractivity (Wildman–Crippen MR) is 77.7 cm³/mol. The molecule has 2 nitrogen and oxygen atoms in total. The zero-order valence-electron chi connectivity index (χ0n) is 11.7. The number of nitrogens with zero attached hydrogens (tertiary/aromatic N) is 1. The summed E-state index contributed by atoms with van der Waals surface area (Å²) in [5.74, 6) is 0. The third-order valence-electron chi connectivity index (χ3n) is 3.91. The molecule has 0 bridgehead atoms. The molecule has 1 aromatic carbocycles. The summed E-state index contributed by atoms with van der Waals surface area (Å²) in [6, 6.07) is 12.2. The first-order valence-electron chi connectivity index (χ1n) is 7.37. The maximum atomic E-state index is 3.65. The number of hydrogen-bond acceptors (Lipinski definition) is 2. The molecule has 0 amide bonds. The molecule has 2 heteroatoms. The third-order valence-corrected chi connectivity index (χ3v) is 3.91. The van der Waals surface area contributed by atoms with Crippen LogP contribution >= 0.6 is 0 Å². The molecule has 1 aromatic rings. The lowest BCUT2D eigenvalue weighted by Gasteiger charge is -2.27. The van der Waals surface area contributed by atoms with Gasteiger partial charge in [0.2, 0.25) is 0 Å². The Bertz CT molecular complexity index is 336. The number of nitrogens with one attached hydrogen (secondary N) is 1. The number of hydrogen-bond donors (Lipinski definition) is 1. The van der Waals surface area contributed by atoms with E-state index in [9.17, 15) is 0 Å². The van der Waals surface area contributed by atoms with E-state index in [-0.39, 0.29) is 0 Å². The molecular formula is C16H26N2. The minimum atomic E-state index is 0.597. The van der Waals surface area contributed by atoms with Gasteiger partial charge >= 0.3 is 0 Å². The molecule has 1 heterocycles. The Morgan fingerprint density at radius 1 is 1.28 bits per heavy atom. The molecule has 18 heavy (non-hydrogen) atoms. The summed E-state index contributed by atoms with van der Waals surface area (Å²) in [6.07, 6.45) is 3.72. The van der Waals surface area contributed by atoms with Crippen molar-refractivity contribution in [3.63, 3.8) is 0 Å². The maximum absolute atomic E-state index is 3.65. The van der Waals surface area contributed by atoms with Gasteiger partial charge in [-0.2, -0.15) is 0 Å². The molecule has 2 rings (SSSR count). The fourth-order valence-corrected chi connectivity index (χ4v) is 2.97. The van der Waals surface area contributed by atoms with E-state index in [1.54, 1.807) is 0 Å². The van der Waals surface area contributed by atoms with E-state index in [0.29, 0.717) is 12.1 Å². The summed E-state index contributed by atoms with van der Waals surface area (Å²) in [7, 11) is 0. The lowest BCUT2D eigenvalue weighted by atomic mass is 10.0. The first-order chi connectivity index (χ1) is 8.85. The second-order valence-corrected chi connectivity index (χ2v) is 5.27. The van der Waals surface area contributed by atoms with E-state index in [0.717, 1.165) is 6.54 Å². The van der Waals surface area contributed by atoms with Gasteiger partial charge in [-0.25, -0.2) is 0 Å². The Hall–Kier alpha value is -0.860. The molecule has 2 unspecified atom stereocenters. The fraction of sp³-hybridized carbons (Fsp3) is 0.625. The van der Waals surface area contributed by atoms with Crippen molar-refractivity contribution in [2.75, 3.05) is 19.6 Å². The molecule has 0 saturated carbocycles. The lowest BCUT2D eigenvalue weighted by molar-refractivity contribution is 0.233. The van der Waals surface area contributed by atoms with Crippen LogP contribution in [0.4, 0.5) is 0 Å². The molecule has 1 aliphatic heterocycles. The number of rotatable bonds is 6. The molecule has 0 aromatic heterocycles. The molecule has 1 aliphatic rings. The minimum Gasteiger partial charge on any atom is -0.313 e. The quantitative estimate of drug-likeness (QED) is 0.829. The van der Waals surface area contributed by atoms with Gasteiger partial charge in [-0.05, 0) is 31.4 Å². The highest BCUT2D eigenvalue weighted by Gasteiger charge is 2.27. The molecule has 0 spiro atoms. The van der Waals surface area contributed by atoms with Crippen LogP contribution in [0.3, 0.4) is 0 Å². The zero-order chi connectivity index (χ0) is 12.8. The summed E-state index contributed by atoms with van der Waals surface area (Å²) in [6.45, 7) is 8.12. The van der Waals surface area contributed by atoms with Crippen molar-refractivity contribution in [2.24, 2.45) is 0 Å². The minimum absolute atomic E-state index is 0.597. The summed E-state index contributed by atoms with van der Waals surface area (Å²) in [4.78, 5) is 2.64. The molecule has 1 fully saturated rings. The van der Waals surface area contributed by atoms with Crippen LogP contribution in [0.15, 0.2) is 30.3 Å². The van der Waals surface area contributed by atoms with Crippen molar-refractivity contribution < 1.29 is 0 Å². The van der Waals surface area contributed by atoms with E-state index >= 15 is 0 Å². The number of benzene rings is 1. The molecular weight excluding hydrogens is 220 g/mol. The molecule has 2 atom stereocenters. The summed E-state index contributed by atoms with van der Waals surface area (Å²) >= 11 is 0. The van der Waals surface area contributed by atoms with Gasteiger partial charge in [0.25, 0.3) is 0 Å². The van der Waals surface area contributed by atoms with Crippen molar-refractivity contribution in [3.05, 3.63) is 35.9 Å². The molecule has 0 aliphatic carbocycles. The maximum Gasteiger partial charge on any atom is 0.0346 e. The van der Waals surface area contributed by atoms with Gasteiger partial charge in [0.15, 0.2) is 0 Å². The monoisotopic (exact) mass is 246 g/mol. The average molecular weight is 246 g/mol. The van der Waals surface area contributed by atoms with Crippen LogP contribution in [0.5, 0.6) is 0 Å². The topological polar surface area (TPSA) is 15.3 Å². The van der Waals surface area contributed by atoms with Crippen molar-refractivity contribution in [2.45, 2.75) is 45.2 Å². The molecule has 1 saturated heterocycles. The van der Waals surface area contributed by atoms with Gasteiger partial charge in [-0.1, -0.05) is 44.2 Å². The fourth-order valence-electron chi connectivity index (χ4n) is 2.97. The SMILES string of the molecule is CCCNC1CCN(C(CC)c2ccccc2)C1. The van der Waals surface area contributed by atoms with Crippen molar-refractivity contribution >= 4 is 0 Å². The Morgan fingerprint density at radius 2 is 2.06 bits per heavy atom. The Kier molecular flexibility index (Phi) is 5.21. The van der Waals surface area contributed by atoms with Crippen molar-refractivity contribution in [1.29, 1.82) is 0 Å². The standard InChI is InChI=1S/C16H26N2/c1-3-11-17-15-10-12-18(13-15)16(4-2)14-8-6-5-7-9-14/h5-9,15-17H,3-4,10-13H2,1-2H3. The lowest BCUT2D eigenvalue weighted by Crippen LogP contribution is -2.34.